The van der Waals surface area contributed by atoms with Crippen molar-refractivity contribution in [2.45, 2.75) is 18.9 Å². The third kappa shape index (κ3) is 4.53. The molecule has 0 radical (unpaired) electrons. The van der Waals surface area contributed by atoms with E-state index in [0.29, 0.717) is 13.0 Å². The molecule has 2 aromatic carbocycles. The van der Waals surface area contributed by atoms with Gasteiger partial charge in [-0.2, -0.15) is 0 Å². The fraction of sp³-hybridized carbons (Fsp3) is 0.211. The Kier molecular flexibility index (Phi) is 5.26. The summed E-state index contributed by atoms with van der Waals surface area (Å²) in [7, 11) is 0. The fourth-order valence-corrected chi connectivity index (χ4v) is 2.82. The second kappa shape index (κ2) is 7.57. The van der Waals surface area contributed by atoms with Crippen molar-refractivity contribution in [1.82, 2.24) is 4.98 Å². The molecule has 118 valence electrons. The van der Waals surface area contributed by atoms with Crippen LogP contribution in [0.25, 0.3) is 10.8 Å². The van der Waals surface area contributed by atoms with Gasteiger partial charge in [-0.15, -0.1) is 0 Å². The lowest BCUT2D eigenvalue weighted by Crippen LogP contribution is -2.18. The Bertz CT molecular complexity index is 777. The summed E-state index contributed by atoms with van der Waals surface area (Å²) in [5.41, 5.74) is 1.13. The lowest BCUT2D eigenvalue weighted by Gasteiger charge is -2.13. The molecule has 0 bridgehead atoms. The SMILES string of the molecule is O[C@@H](CCc1cccnc1)COc1ccc2cc(Br)ccc2c1. The summed E-state index contributed by atoms with van der Waals surface area (Å²) in [5.74, 6) is 0.778. The van der Waals surface area contributed by atoms with Crippen LogP contribution in [0.15, 0.2) is 65.4 Å². The van der Waals surface area contributed by atoms with E-state index in [1.54, 1.807) is 6.20 Å². The van der Waals surface area contributed by atoms with E-state index in [1.807, 2.05) is 48.7 Å². The molecule has 0 aliphatic rings. The minimum Gasteiger partial charge on any atom is -0.491 e. The first kappa shape index (κ1) is 16.0. The molecule has 0 aliphatic carbocycles. The highest BCUT2D eigenvalue weighted by Gasteiger charge is 2.07. The summed E-state index contributed by atoms with van der Waals surface area (Å²) in [6, 6.07) is 16.0. The maximum Gasteiger partial charge on any atom is 0.120 e. The van der Waals surface area contributed by atoms with Gasteiger partial charge < -0.3 is 9.84 Å². The number of aliphatic hydroxyl groups excluding tert-OH is 1. The zero-order valence-corrected chi connectivity index (χ0v) is 14.2. The second-order valence-electron chi connectivity index (χ2n) is 5.52. The Hall–Kier alpha value is -1.91. The molecule has 0 saturated heterocycles. The molecule has 4 heteroatoms. The minimum absolute atomic E-state index is 0.294. The molecule has 1 heterocycles. The maximum atomic E-state index is 10.1. The number of halogens is 1. The number of rotatable bonds is 6. The van der Waals surface area contributed by atoms with Crippen LogP contribution >= 0.6 is 15.9 Å². The number of hydrogen-bond donors (Lipinski definition) is 1. The lowest BCUT2D eigenvalue weighted by molar-refractivity contribution is 0.100. The van der Waals surface area contributed by atoms with Gasteiger partial charge in [0.05, 0.1) is 6.10 Å². The van der Waals surface area contributed by atoms with E-state index >= 15 is 0 Å². The van der Waals surface area contributed by atoms with Crippen molar-refractivity contribution in [2.24, 2.45) is 0 Å². The monoisotopic (exact) mass is 371 g/mol. The molecular formula is C19H18BrNO2. The van der Waals surface area contributed by atoms with Gasteiger partial charge in [0.25, 0.3) is 0 Å². The molecule has 23 heavy (non-hydrogen) atoms. The van der Waals surface area contributed by atoms with Gasteiger partial charge >= 0.3 is 0 Å². The maximum absolute atomic E-state index is 10.1. The van der Waals surface area contributed by atoms with Crippen LogP contribution in [0.2, 0.25) is 0 Å². The average molecular weight is 372 g/mol. The van der Waals surface area contributed by atoms with E-state index in [9.17, 15) is 5.11 Å². The summed E-state index contributed by atoms with van der Waals surface area (Å²) in [4.78, 5) is 4.08. The predicted molar refractivity (Wildman–Crippen MR) is 95.7 cm³/mol. The third-order valence-corrected chi connectivity index (χ3v) is 4.20. The third-order valence-electron chi connectivity index (χ3n) is 3.71. The van der Waals surface area contributed by atoms with Crippen molar-refractivity contribution in [3.8, 4) is 5.75 Å². The number of benzene rings is 2. The number of ether oxygens (including phenoxy) is 1. The lowest BCUT2D eigenvalue weighted by atomic mass is 10.1. The van der Waals surface area contributed by atoms with Gasteiger partial charge in [-0.05, 0) is 59.5 Å². The normalized spacial score (nSPS) is 12.3. The first-order valence-electron chi connectivity index (χ1n) is 7.60. The zero-order valence-electron chi connectivity index (χ0n) is 12.7. The van der Waals surface area contributed by atoms with Crippen LogP contribution in [-0.2, 0) is 6.42 Å². The van der Waals surface area contributed by atoms with Gasteiger partial charge in [-0.3, -0.25) is 4.98 Å². The predicted octanol–water partition coefficient (Wildman–Crippen LogP) is 4.37. The molecule has 0 saturated carbocycles. The Balaban J connectivity index is 1.54. The molecule has 3 aromatic rings. The molecule has 0 fully saturated rings. The van der Waals surface area contributed by atoms with Crippen molar-refractivity contribution < 1.29 is 9.84 Å². The molecule has 1 aromatic heterocycles. The molecule has 1 atom stereocenters. The smallest absolute Gasteiger partial charge is 0.120 e. The number of fused-ring (bicyclic) bond motifs is 1. The highest BCUT2D eigenvalue weighted by atomic mass is 79.9. The Morgan fingerprint density at radius 3 is 2.74 bits per heavy atom. The molecular weight excluding hydrogens is 354 g/mol. The second-order valence-corrected chi connectivity index (χ2v) is 6.43. The molecule has 1 N–H and O–H groups in total. The van der Waals surface area contributed by atoms with Crippen molar-refractivity contribution in [3.63, 3.8) is 0 Å². The van der Waals surface area contributed by atoms with Gasteiger partial charge in [-0.25, -0.2) is 0 Å². The number of hydrogen-bond acceptors (Lipinski definition) is 3. The van der Waals surface area contributed by atoms with E-state index in [-0.39, 0.29) is 0 Å². The quantitative estimate of drug-likeness (QED) is 0.699. The first-order valence-corrected chi connectivity index (χ1v) is 8.39. The van der Waals surface area contributed by atoms with E-state index < -0.39 is 6.10 Å². The van der Waals surface area contributed by atoms with Gasteiger partial charge in [0.15, 0.2) is 0 Å². The number of pyridine rings is 1. The van der Waals surface area contributed by atoms with Crippen LogP contribution < -0.4 is 4.74 Å². The van der Waals surface area contributed by atoms with Crippen molar-refractivity contribution in [1.29, 1.82) is 0 Å². The molecule has 0 amide bonds. The minimum atomic E-state index is -0.490. The van der Waals surface area contributed by atoms with Crippen LogP contribution in [-0.4, -0.2) is 22.8 Å². The van der Waals surface area contributed by atoms with E-state index in [2.05, 4.69) is 27.0 Å². The van der Waals surface area contributed by atoms with Crippen LogP contribution in [0.1, 0.15) is 12.0 Å². The van der Waals surface area contributed by atoms with Gasteiger partial charge in [0.2, 0.25) is 0 Å². The van der Waals surface area contributed by atoms with Crippen molar-refractivity contribution in [2.75, 3.05) is 6.61 Å². The Morgan fingerprint density at radius 2 is 1.91 bits per heavy atom. The van der Waals surface area contributed by atoms with E-state index in [4.69, 9.17) is 4.74 Å². The summed E-state index contributed by atoms with van der Waals surface area (Å²) in [6.45, 7) is 0.294. The molecule has 3 rings (SSSR count). The highest BCUT2D eigenvalue weighted by Crippen LogP contribution is 2.24. The highest BCUT2D eigenvalue weighted by molar-refractivity contribution is 9.10. The molecule has 3 nitrogen and oxygen atoms in total. The van der Waals surface area contributed by atoms with Crippen LogP contribution in [0, 0.1) is 0 Å². The topological polar surface area (TPSA) is 42.4 Å². The Labute approximate surface area is 144 Å². The summed E-state index contributed by atoms with van der Waals surface area (Å²) < 4.78 is 6.78. The number of aryl methyl sites for hydroxylation is 1. The molecule has 0 aliphatic heterocycles. The molecule has 0 unspecified atom stereocenters. The fourth-order valence-electron chi connectivity index (χ4n) is 2.44. The van der Waals surface area contributed by atoms with Gasteiger partial charge in [-0.1, -0.05) is 34.1 Å². The van der Waals surface area contributed by atoms with E-state index in [1.165, 1.54) is 0 Å². The number of aliphatic hydroxyl groups is 1. The van der Waals surface area contributed by atoms with Gasteiger partial charge in [0, 0.05) is 16.9 Å². The number of aromatic nitrogens is 1. The van der Waals surface area contributed by atoms with Crippen LogP contribution in [0.4, 0.5) is 0 Å². The van der Waals surface area contributed by atoms with Crippen molar-refractivity contribution >= 4 is 26.7 Å². The largest absolute Gasteiger partial charge is 0.491 e. The number of nitrogens with zero attached hydrogens (tertiary/aromatic N) is 1. The standard InChI is InChI=1S/C19H18BrNO2/c20-17-6-4-16-11-19(8-5-15(16)10-17)23-13-18(22)7-3-14-2-1-9-21-12-14/h1-2,4-6,8-12,18,22H,3,7,13H2/t18-/m0/s1. The van der Waals surface area contributed by atoms with Crippen LogP contribution in [0.5, 0.6) is 5.75 Å². The summed E-state index contributed by atoms with van der Waals surface area (Å²) >= 11 is 3.47. The van der Waals surface area contributed by atoms with Gasteiger partial charge in [0.1, 0.15) is 12.4 Å². The summed E-state index contributed by atoms with van der Waals surface area (Å²) in [5, 5.41) is 12.3. The molecule has 0 spiro atoms. The summed E-state index contributed by atoms with van der Waals surface area (Å²) in [6.07, 6.45) is 4.54. The zero-order chi connectivity index (χ0) is 16.1. The van der Waals surface area contributed by atoms with Crippen LogP contribution in [0.3, 0.4) is 0 Å². The van der Waals surface area contributed by atoms with E-state index in [0.717, 1.165) is 33.0 Å². The van der Waals surface area contributed by atoms with Crippen molar-refractivity contribution in [3.05, 3.63) is 71.0 Å². The first-order chi connectivity index (χ1) is 11.2. The Morgan fingerprint density at radius 1 is 1.09 bits per heavy atom. The average Bonchev–Trinajstić information content (AvgIpc) is 2.59.